The van der Waals surface area contributed by atoms with Crippen molar-refractivity contribution in [1.82, 2.24) is 30.0 Å². The van der Waals surface area contributed by atoms with Crippen molar-refractivity contribution in [2.75, 3.05) is 48.8 Å². The van der Waals surface area contributed by atoms with Gasteiger partial charge in [-0.05, 0) is 38.1 Å². The van der Waals surface area contributed by atoms with Crippen LogP contribution in [0, 0.1) is 6.92 Å². The Morgan fingerprint density at radius 3 is 2.41 bits per heavy atom. The molecular weight excluding hydrogens is 466 g/mol. The normalized spacial score (nSPS) is 14.3. The third-order valence-electron chi connectivity index (χ3n) is 5.73. The first-order chi connectivity index (χ1) is 17.9. The Hall–Kier alpha value is -4.18. The van der Waals surface area contributed by atoms with Crippen molar-refractivity contribution in [2.45, 2.75) is 27.7 Å². The molecule has 1 aliphatic rings. The van der Waals surface area contributed by atoms with Crippen molar-refractivity contribution in [3.63, 3.8) is 0 Å². The lowest BCUT2D eigenvalue weighted by Gasteiger charge is -2.32. The summed E-state index contributed by atoms with van der Waals surface area (Å²) in [6, 6.07) is 7.26. The van der Waals surface area contributed by atoms with Gasteiger partial charge in [-0.25, -0.2) is 0 Å². The summed E-state index contributed by atoms with van der Waals surface area (Å²) in [4.78, 5) is 18.3. The number of nitrogens with zero attached hydrogens (tertiary/aromatic N) is 6. The fourth-order valence-corrected chi connectivity index (χ4v) is 3.60. The summed E-state index contributed by atoms with van der Waals surface area (Å²) in [5, 5.41) is 23.9. The van der Waals surface area contributed by atoms with Gasteiger partial charge in [0.05, 0.1) is 5.69 Å². The van der Waals surface area contributed by atoms with Gasteiger partial charge in [0.2, 0.25) is 17.8 Å². The molecular formula is C27H37N9O. The van der Waals surface area contributed by atoms with Gasteiger partial charge in [0.1, 0.15) is 5.75 Å². The number of aromatic hydroxyl groups is 1. The number of likely N-dealkylation sites (N-methyl/N-ethyl adjacent to an activating group) is 1. The van der Waals surface area contributed by atoms with Crippen LogP contribution in [0.4, 0.5) is 29.4 Å². The third-order valence-corrected chi connectivity index (χ3v) is 5.73. The van der Waals surface area contributed by atoms with Gasteiger partial charge in [-0.3, -0.25) is 5.10 Å². The summed E-state index contributed by atoms with van der Waals surface area (Å²) in [5.74, 6) is 2.11. The molecule has 4 N–H and O–H groups in total. The fourth-order valence-electron chi connectivity index (χ4n) is 3.60. The van der Waals surface area contributed by atoms with Gasteiger partial charge in [0, 0.05) is 44.0 Å². The number of benzene rings is 1. The molecule has 0 atom stereocenters. The summed E-state index contributed by atoms with van der Waals surface area (Å²) in [5.41, 5.74) is 3.32. The minimum Gasteiger partial charge on any atom is -0.508 e. The van der Waals surface area contributed by atoms with Gasteiger partial charge < -0.3 is 25.5 Å². The Bertz CT molecular complexity index is 1240. The molecule has 3 heterocycles. The van der Waals surface area contributed by atoms with E-state index in [1.807, 2.05) is 64.1 Å². The summed E-state index contributed by atoms with van der Waals surface area (Å²) < 4.78 is 0. The van der Waals surface area contributed by atoms with Crippen LogP contribution in [-0.2, 0) is 0 Å². The van der Waals surface area contributed by atoms with Crippen molar-refractivity contribution in [1.29, 1.82) is 0 Å². The highest BCUT2D eigenvalue weighted by molar-refractivity contribution is 5.73. The van der Waals surface area contributed by atoms with Crippen LogP contribution >= 0.6 is 0 Å². The molecule has 37 heavy (non-hydrogen) atoms. The number of allylic oxidation sites excluding steroid dienone is 5. The molecule has 1 saturated heterocycles. The second kappa shape index (κ2) is 13.2. The molecule has 0 radical (unpaired) electrons. The van der Waals surface area contributed by atoms with Gasteiger partial charge in [-0.2, -0.15) is 20.1 Å². The van der Waals surface area contributed by atoms with Gasteiger partial charge >= 0.3 is 0 Å². The topological polar surface area (TPSA) is 118 Å². The molecule has 0 spiro atoms. The number of aromatic nitrogens is 5. The minimum absolute atomic E-state index is 0.205. The highest BCUT2D eigenvalue weighted by atomic mass is 16.3. The van der Waals surface area contributed by atoms with Gasteiger partial charge in [0.15, 0.2) is 5.82 Å². The molecule has 0 bridgehead atoms. The lowest BCUT2D eigenvalue weighted by Crippen LogP contribution is -2.45. The quantitative estimate of drug-likeness (QED) is 0.314. The molecule has 4 rings (SSSR count). The molecule has 1 aliphatic heterocycles. The number of piperazine rings is 1. The molecule has 3 aromatic rings. The minimum atomic E-state index is 0.205. The maximum Gasteiger partial charge on any atom is 0.235 e. The Labute approximate surface area is 218 Å². The Kier molecular flexibility index (Phi) is 9.79. The summed E-state index contributed by atoms with van der Waals surface area (Å²) in [6.45, 7) is 15.0. The second-order valence-electron chi connectivity index (χ2n) is 8.33. The van der Waals surface area contributed by atoms with Crippen molar-refractivity contribution in [3.8, 4) is 5.75 Å². The highest BCUT2D eigenvalue weighted by Gasteiger charge is 2.19. The first-order valence-corrected chi connectivity index (χ1v) is 12.5. The van der Waals surface area contributed by atoms with Crippen molar-refractivity contribution in [3.05, 3.63) is 66.4 Å². The summed E-state index contributed by atoms with van der Waals surface area (Å²) in [6.07, 6.45) is 7.55. The van der Waals surface area contributed by atoms with E-state index < -0.39 is 0 Å². The van der Waals surface area contributed by atoms with Crippen LogP contribution in [-0.4, -0.2) is 68.4 Å². The molecule has 1 aromatic carbocycles. The van der Waals surface area contributed by atoms with E-state index in [9.17, 15) is 5.11 Å². The third kappa shape index (κ3) is 7.40. The van der Waals surface area contributed by atoms with Crippen LogP contribution < -0.4 is 15.5 Å². The van der Waals surface area contributed by atoms with E-state index in [4.69, 9.17) is 0 Å². The zero-order valence-corrected chi connectivity index (χ0v) is 22.3. The molecule has 2 aromatic heterocycles. The number of nitrogens with one attached hydrogen (secondary N) is 3. The number of hydrogen-bond donors (Lipinski definition) is 4. The highest BCUT2D eigenvalue weighted by Crippen LogP contribution is 2.25. The number of hydrogen-bond acceptors (Lipinski definition) is 9. The maximum absolute atomic E-state index is 10.1. The van der Waals surface area contributed by atoms with Crippen molar-refractivity contribution in [2.24, 2.45) is 0 Å². The number of anilines is 5. The van der Waals surface area contributed by atoms with Gasteiger partial charge in [-0.15, -0.1) is 0 Å². The van der Waals surface area contributed by atoms with Crippen LogP contribution in [0.3, 0.4) is 0 Å². The smallest absolute Gasteiger partial charge is 0.235 e. The van der Waals surface area contributed by atoms with Crippen LogP contribution in [0.15, 0.2) is 55.1 Å². The molecule has 1 fully saturated rings. The molecule has 0 amide bonds. The zero-order chi connectivity index (χ0) is 26.8. The first-order valence-electron chi connectivity index (χ1n) is 12.5. The number of phenols is 1. The average molecular weight is 504 g/mol. The lowest BCUT2D eigenvalue weighted by atomic mass is 10.1. The molecule has 10 heteroatoms. The van der Waals surface area contributed by atoms with E-state index in [1.54, 1.807) is 12.1 Å². The number of H-pyrrole nitrogens is 1. The molecule has 0 unspecified atom stereocenters. The molecule has 0 aliphatic carbocycles. The maximum atomic E-state index is 10.1. The van der Waals surface area contributed by atoms with Crippen LogP contribution in [0.25, 0.3) is 5.57 Å². The summed E-state index contributed by atoms with van der Waals surface area (Å²) >= 11 is 0. The van der Waals surface area contributed by atoms with E-state index in [2.05, 4.69) is 59.2 Å². The van der Waals surface area contributed by atoms with E-state index in [0.717, 1.165) is 43.0 Å². The Balaban J connectivity index is 0.00000186. The van der Waals surface area contributed by atoms with E-state index in [-0.39, 0.29) is 5.75 Å². The Morgan fingerprint density at radius 1 is 1.05 bits per heavy atom. The van der Waals surface area contributed by atoms with Crippen molar-refractivity contribution < 1.29 is 5.11 Å². The van der Waals surface area contributed by atoms with E-state index >= 15 is 0 Å². The largest absolute Gasteiger partial charge is 0.508 e. The van der Waals surface area contributed by atoms with Gasteiger partial charge in [-0.1, -0.05) is 50.8 Å². The average Bonchev–Trinajstić information content (AvgIpc) is 3.36. The zero-order valence-electron chi connectivity index (χ0n) is 22.3. The summed E-state index contributed by atoms with van der Waals surface area (Å²) in [7, 11) is 2.10. The van der Waals surface area contributed by atoms with Crippen LogP contribution in [0.5, 0.6) is 5.75 Å². The predicted molar refractivity (Wildman–Crippen MR) is 152 cm³/mol. The van der Waals surface area contributed by atoms with Gasteiger partial charge in [0.25, 0.3) is 0 Å². The molecule has 196 valence electrons. The molecule has 0 saturated carbocycles. The second-order valence-corrected chi connectivity index (χ2v) is 8.33. The van der Waals surface area contributed by atoms with Crippen LogP contribution in [0.1, 0.15) is 32.0 Å². The molecule has 10 nitrogen and oxygen atoms in total. The van der Waals surface area contributed by atoms with Crippen molar-refractivity contribution >= 4 is 34.9 Å². The number of phenolic OH excluding ortho intramolecular Hbond substituents is 1. The number of aryl methyl sites for hydroxylation is 1. The first kappa shape index (κ1) is 27.4. The predicted octanol–water partition coefficient (Wildman–Crippen LogP) is 5.02. The van der Waals surface area contributed by atoms with E-state index in [1.165, 1.54) is 0 Å². The fraction of sp³-hybridized carbons (Fsp3) is 0.333. The number of aromatic amines is 1. The van der Waals surface area contributed by atoms with E-state index in [0.29, 0.717) is 29.4 Å². The van der Waals surface area contributed by atoms with Crippen LogP contribution in [0.2, 0.25) is 0 Å². The number of rotatable bonds is 8. The lowest BCUT2D eigenvalue weighted by molar-refractivity contribution is 0.311. The SMILES string of the molecule is C=C/C=C\C(=C\C)c1cc(Nc2nc(Nc3ccc(C)c(O)c3)nc(N3CCN(C)CC3)n2)n[nH]1.CC. The monoisotopic (exact) mass is 503 g/mol. The Morgan fingerprint density at radius 2 is 1.76 bits per heavy atom. The standard InChI is InChI=1S/C25H31N9O.C2H6/c1-5-7-8-18(6-2)20-16-22(32-31-20)27-24-28-23(26-19-10-9-17(3)21(35)15-19)29-25(30-24)34-13-11-33(4)12-14-34;1-2/h5-10,15-16,35H,1,11-14H2,2-4H3,(H3,26,27,28,29,30,31,32);1-2H3/b8-7-,18-6-;.